The van der Waals surface area contributed by atoms with Gasteiger partial charge in [-0.2, -0.15) is 0 Å². The lowest BCUT2D eigenvalue weighted by molar-refractivity contribution is -0.00263. The van der Waals surface area contributed by atoms with Gasteiger partial charge in [0.2, 0.25) is 0 Å². The van der Waals surface area contributed by atoms with Crippen molar-refractivity contribution in [3.05, 3.63) is 41.3 Å². The first kappa shape index (κ1) is 14.8. The number of fused-ring (bicyclic) bond motifs is 1. The molecule has 0 radical (unpaired) electrons. The molecule has 110 valence electrons. The smallest absolute Gasteiger partial charge is 0.185 e. The molecular weight excluding hydrogens is 248 g/mol. The summed E-state index contributed by atoms with van der Waals surface area (Å²) in [7, 11) is 0. The van der Waals surface area contributed by atoms with Crippen LogP contribution >= 0.6 is 0 Å². The van der Waals surface area contributed by atoms with Crippen molar-refractivity contribution in [1.29, 1.82) is 0 Å². The molecule has 0 amide bonds. The summed E-state index contributed by atoms with van der Waals surface area (Å²) in [6.07, 6.45) is 4.13. The zero-order valence-corrected chi connectivity index (χ0v) is 13.1. The van der Waals surface area contributed by atoms with Crippen LogP contribution in [0.15, 0.2) is 30.2 Å². The Morgan fingerprint density at radius 2 is 2.15 bits per heavy atom. The lowest BCUT2D eigenvalue weighted by atomic mass is 9.98. The number of hydrogen-bond donors (Lipinski definition) is 1. The lowest BCUT2D eigenvalue weighted by Crippen LogP contribution is -2.34. The second-order valence-corrected chi connectivity index (χ2v) is 6.32. The molecule has 1 aliphatic rings. The monoisotopic (exact) mass is 274 g/mol. The average molecular weight is 274 g/mol. The van der Waals surface area contributed by atoms with Crippen molar-refractivity contribution in [2.45, 2.75) is 52.7 Å². The minimum Gasteiger partial charge on any atom is -0.474 e. The van der Waals surface area contributed by atoms with Gasteiger partial charge in [-0.05, 0) is 56.9 Å². The average Bonchev–Trinajstić information content (AvgIpc) is 2.36. The topological polar surface area (TPSA) is 38.5 Å². The highest BCUT2D eigenvalue weighted by Gasteiger charge is 2.23. The molecule has 0 spiro atoms. The fourth-order valence-electron chi connectivity index (χ4n) is 2.55. The van der Waals surface area contributed by atoms with Crippen LogP contribution in [0.1, 0.15) is 45.2 Å². The van der Waals surface area contributed by atoms with Gasteiger partial charge in [-0.25, -0.2) is 0 Å². The Bertz CT molecular complexity index is 500. The summed E-state index contributed by atoms with van der Waals surface area (Å²) in [5.74, 6) is 0.994. The number of benzene rings is 1. The number of nitrogens with two attached hydrogens (primary N) is 1. The van der Waals surface area contributed by atoms with Gasteiger partial charge in [0, 0.05) is 18.8 Å². The summed E-state index contributed by atoms with van der Waals surface area (Å²) in [6.45, 7) is 10.2. The zero-order chi connectivity index (χ0) is 14.8. The van der Waals surface area contributed by atoms with Crippen molar-refractivity contribution >= 4 is 5.69 Å². The van der Waals surface area contributed by atoms with Crippen LogP contribution in [0.3, 0.4) is 0 Å². The van der Waals surface area contributed by atoms with E-state index in [2.05, 4.69) is 44.7 Å². The number of nitrogen functional groups attached to an aromatic ring is 1. The van der Waals surface area contributed by atoms with Gasteiger partial charge >= 0.3 is 0 Å². The van der Waals surface area contributed by atoms with Crippen LogP contribution in [-0.4, -0.2) is 17.0 Å². The molecule has 20 heavy (non-hydrogen) atoms. The van der Waals surface area contributed by atoms with E-state index in [1.165, 1.54) is 11.1 Å². The quantitative estimate of drug-likeness (QED) is 0.675. The maximum Gasteiger partial charge on any atom is 0.185 e. The number of hydrogen-bond acceptors (Lipinski definition) is 3. The Labute approximate surface area is 122 Å². The summed E-state index contributed by atoms with van der Waals surface area (Å²) in [5.41, 5.74) is 9.42. The maximum atomic E-state index is 6.12. The predicted molar refractivity (Wildman–Crippen MR) is 84.2 cm³/mol. The first-order valence-electron chi connectivity index (χ1n) is 7.41. The minimum atomic E-state index is -0.170. The highest BCUT2D eigenvalue weighted by atomic mass is 16.5. The highest BCUT2D eigenvalue weighted by molar-refractivity contribution is 5.52. The Balaban J connectivity index is 2.20. The van der Waals surface area contributed by atoms with Gasteiger partial charge < -0.3 is 15.4 Å². The van der Waals surface area contributed by atoms with Crippen molar-refractivity contribution in [2.75, 3.05) is 12.3 Å². The molecular formula is C17H26N2O. The zero-order valence-electron chi connectivity index (χ0n) is 13.1. The van der Waals surface area contributed by atoms with Crippen molar-refractivity contribution in [3.8, 4) is 0 Å². The molecule has 3 heteroatoms. The predicted octanol–water partition coefficient (Wildman–Crippen LogP) is 3.69. The van der Waals surface area contributed by atoms with Crippen molar-refractivity contribution in [2.24, 2.45) is 0 Å². The number of nitrogens with zero attached hydrogens (tertiary/aromatic N) is 1. The molecule has 1 aliphatic heterocycles. The fraction of sp³-hybridized carbons (Fsp3) is 0.529. The number of anilines is 1. The molecule has 2 rings (SSSR count). The van der Waals surface area contributed by atoms with Crippen LogP contribution in [0.2, 0.25) is 0 Å². The lowest BCUT2D eigenvalue weighted by Gasteiger charge is -2.35. The molecule has 2 N–H and O–H groups in total. The molecule has 0 saturated carbocycles. The van der Waals surface area contributed by atoms with E-state index in [1.54, 1.807) is 0 Å². The molecule has 0 fully saturated rings. The molecule has 0 saturated heterocycles. The van der Waals surface area contributed by atoms with E-state index in [4.69, 9.17) is 10.5 Å². The van der Waals surface area contributed by atoms with Gasteiger partial charge in [-0.3, -0.25) is 0 Å². The third-order valence-corrected chi connectivity index (χ3v) is 3.40. The van der Waals surface area contributed by atoms with Crippen LogP contribution in [0, 0.1) is 0 Å². The molecule has 0 unspecified atom stereocenters. The fourth-order valence-corrected chi connectivity index (χ4v) is 2.55. The van der Waals surface area contributed by atoms with Gasteiger partial charge in [0.05, 0.1) is 0 Å². The molecule has 0 aliphatic carbocycles. The van der Waals surface area contributed by atoms with E-state index in [1.807, 2.05) is 12.1 Å². The van der Waals surface area contributed by atoms with Crippen molar-refractivity contribution in [3.63, 3.8) is 0 Å². The van der Waals surface area contributed by atoms with Crippen LogP contribution < -0.4 is 5.73 Å². The van der Waals surface area contributed by atoms with Crippen LogP contribution in [0.5, 0.6) is 0 Å². The summed E-state index contributed by atoms with van der Waals surface area (Å²) >= 11 is 0. The molecule has 1 aromatic rings. The van der Waals surface area contributed by atoms with Gasteiger partial charge in [-0.1, -0.05) is 19.1 Å². The van der Waals surface area contributed by atoms with Gasteiger partial charge in [-0.15, -0.1) is 0 Å². The molecule has 1 aromatic carbocycles. The maximum absolute atomic E-state index is 6.12. The van der Waals surface area contributed by atoms with Crippen LogP contribution in [-0.2, 0) is 17.7 Å². The second-order valence-electron chi connectivity index (χ2n) is 6.32. The van der Waals surface area contributed by atoms with E-state index in [0.717, 1.165) is 37.5 Å². The van der Waals surface area contributed by atoms with Crippen molar-refractivity contribution < 1.29 is 4.74 Å². The number of ether oxygens (including phenoxy) is 1. The summed E-state index contributed by atoms with van der Waals surface area (Å²) in [6, 6.07) is 6.19. The van der Waals surface area contributed by atoms with E-state index < -0.39 is 0 Å². The Morgan fingerprint density at radius 3 is 2.80 bits per heavy atom. The van der Waals surface area contributed by atoms with Gasteiger partial charge in [0.25, 0.3) is 0 Å². The van der Waals surface area contributed by atoms with E-state index >= 15 is 0 Å². The van der Waals surface area contributed by atoms with Gasteiger partial charge in [0.15, 0.2) is 5.88 Å². The molecule has 0 bridgehead atoms. The van der Waals surface area contributed by atoms with E-state index in [-0.39, 0.29) is 5.60 Å². The SMILES string of the molecule is CC/C=C(\OC(C)(C)C)N1CCc2c(N)cccc2C1. The van der Waals surface area contributed by atoms with Crippen LogP contribution in [0.4, 0.5) is 5.69 Å². The number of rotatable bonds is 3. The number of allylic oxidation sites excluding steroid dienone is 1. The third kappa shape index (κ3) is 3.47. The third-order valence-electron chi connectivity index (χ3n) is 3.40. The normalized spacial score (nSPS) is 16.0. The largest absolute Gasteiger partial charge is 0.474 e. The van der Waals surface area contributed by atoms with Gasteiger partial charge in [0.1, 0.15) is 5.60 Å². The summed E-state index contributed by atoms with van der Waals surface area (Å²) in [5, 5.41) is 0. The first-order chi connectivity index (χ1) is 9.40. The Kier molecular flexibility index (Phi) is 4.26. The van der Waals surface area contributed by atoms with Crippen LogP contribution in [0.25, 0.3) is 0 Å². The molecule has 3 nitrogen and oxygen atoms in total. The van der Waals surface area contributed by atoms with Crippen molar-refractivity contribution in [1.82, 2.24) is 4.90 Å². The molecule has 0 aromatic heterocycles. The molecule has 1 heterocycles. The Hall–Kier alpha value is -1.64. The van der Waals surface area contributed by atoms with E-state index in [0.29, 0.717) is 0 Å². The molecule has 0 atom stereocenters. The first-order valence-corrected chi connectivity index (χ1v) is 7.41. The minimum absolute atomic E-state index is 0.170. The Morgan fingerprint density at radius 1 is 1.40 bits per heavy atom. The standard InChI is InChI=1S/C17H26N2O/c1-5-7-16(20-17(2,3)4)19-11-10-14-13(12-19)8-6-9-15(14)18/h6-9H,5,10-12,18H2,1-4H3/b16-7-. The summed E-state index contributed by atoms with van der Waals surface area (Å²) < 4.78 is 6.12. The van der Waals surface area contributed by atoms with E-state index in [9.17, 15) is 0 Å². The second kappa shape index (κ2) is 5.78. The summed E-state index contributed by atoms with van der Waals surface area (Å²) in [4.78, 5) is 2.32. The highest BCUT2D eigenvalue weighted by Crippen LogP contribution is 2.28.